The molecule has 2 aromatic heterocycles. The van der Waals surface area contributed by atoms with Crippen LogP contribution in [0.4, 0.5) is 0 Å². The lowest BCUT2D eigenvalue weighted by molar-refractivity contribution is 0.548. The summed E-state index contributed by atoms with van der Waals surface area (Å²) in [5, 5.41) is 7.44. The summed E-state index contributed by atoms with van der Waals surface area (Å²) < 4.78 is 1.66. The van der Waals surface area contributed by atoms with Crippen molar-refractivity contribution < 1.29 is 0 Å². The van der Waals surface area contributed by atoms with Crippen molar-refractivity contribution >= 4 is 0 Å². The lowest BCUT2D eigenvalue weighted by atomic mass is 10.1. The molecular weight excluding hydrogens is 214 g/mol. The van der Waals surface area contributed by atoms with Crippen molar-refractivity contribution in [2.75, 3.05) is 7.05 Å². The second kappa shape index (κ2) is 3.92. The van der Waals surface area contributed by atoms with Gasteiger partial charge in [-0.25, -0.2) is 14.6 Å². The first-order valence-corrected chi connectivity index (χ1v) is 5.80. The molecule has 1 aliphatic carbocycles. The lowest BCUT2D eigenvalue weighted by Crippen LogP contribution is -2.29. The van der Waals surface area contributed by atoms with Gasteiger partial charge in [0.15, 0.2) is 5.82 Å². The van der Waals surface area contributed by atoms with Gasteiger partial charge < -0.3 is 5.32 Å². The fourth-order valence-electron chi connectivity index (χ4n) is 2.04. The Kier molecular flexibility index (Phi) is 2.40. The largest absolute Gasteiger partial charge is 0.314 e. The topological polar surface area (TPSA) is 55.6 Å². The van der Waals surface area contributed by atoms with Crippen molar-refractivity contribution in [3.05, 3.63) is 36.5 Å². The smallest absolute Gasteiger partial charge is 0.155 e. The molecule has 0 radical (unpaired) electrons. The third-order valence-electron chi connectivity index (χ3n) is 3.39. The van der Waals surface area contributed by atoms with Crippen LogP contribution >= 0.6 is 0 Å². The molecule has 2 heterocycles. The number of rotatable bonds is 4. The first-order chi connectivity index (χ1) is 8.31. The highest BCUT2D eigenvalue weighted by Crippen LogP contribution is 2.37. The molecule has 0 spiro atoms. The second-order valence-electron chi connectivity index (χ2n) is 4.57. The first kappa shape index (κ1) is 10.4. The third-order valence-corrected chi connectivity index (χ3v) is 3.39. The highest BCUT2D eigenvalue weighted by molar-refractivity contribution is 5.26. The molecule has 5 nitrogen and oxygen atoms in total. The summed E-state index contributed by atoms with van der Waals surface area (Å²) in [5.74, 6) is 0.806. The van der Waals surface area contributed by atoms with E-state index in [-0.39, 0.29) is 0 Å². The molecule has 0 aliphatic heterocycles. The van der Waals surface area contributed by atoms with E-state index in [4.69, 9.17) is 0 Å². The SMILES string of the molecule is CNC1(Cc2ccc(-n3cncn3)nc2)CC1. The monoisotopic (exact) mass is 229 g/mol. The number of nitrogens with zero attached hydrogens (tertiary/aromatic N) is 4. The van der Waals surface area contributed by atoms with Gasteiger partial charge in [0.05, 0.1) is 0 Å². The molecular formula is C12H15N5. The van der Waals surface area contributed by atoms with Crippen LogP contribution < -0.4 is 5.32 Å². The third kappa shape index (κ3) is 2.06. The van der Waals surface area contributed by atoms with Gasteiger partial charge in [-0.1, -0.05) is 6.07 Å². The summed E-state index contributed by atoms with van der Waals surface area (Å²) in [4.78, 5) is 8.31. The maximum atomic E-state index is 4.40. The minimum Gasteiger partial charge on any atom is -0.314 e. The zero-order valence-electron chi connectivity index (χ0n) is 9.80. The molecule has 3 rings (SSSR count). The Hall–Kier alpha value is -1.75. The molecule has 0 amide bonds. The summed E-state index contributed by atoms with van der Waals surface area (Å²) in [6.45, 7) is 0. The molecule has 0 atom stereocenters. The van der Waals surface area contributed by atoms with E-state index in [9.17, 15) is 0 Å². The van der Waals surface area contributed by atoms with Crippen LogP contribution in [0.5, 0.6) is 0 Å². The van der Waals surface area contributed by atoms with Gasteiger partial charge in [0.2, 0.25) is 0 Å². The molecule has 17 heavy (non-hydrogen) atoms. The Morgan fingerprint density at radius 2 is 2.29 bits per heavy atom. The summed E-state index contributed by atoms with van der Waals surface area (Å²) in [7, 11) is 2.03. The molecule has 0 unspecified atom stereocenters. The average molecular weight is 229 g/mol. The molecule has 88 valence electrons. The zero-order valence-corrected chi connectivity index (χ0v) is 9.80. The predicted molar refractivity (Wildman–Crippen MR) is 63.9 cm³/mol. The molecule has 1 fully saturated rings. The maximum absolute atomic E-state index is 4.40. The van der Waals surface area contributed by atoms with Gasteiger partial charge in [0.25, 0.3) is 0 Å². The standard InChI is InChI=1S/C12H15N5/c1-13-12(4-5-12)6-10-2-3-11(15-7-10)17-9-14-8-16-17/h2-3,7-9,13H,4-6H2,1H3. The number of pyridine rings is 1. The normalized spacial score (nSPS) is 17.0. The molecule has 0 bridgehead atoms. The van der Waals surface area contributed by atoms with Crippen molar-refractivity contribution in [3.8, 4) is 5.82 Å². The number of hydrogen-bond acceptors (Lipinski definition) is 4. The fraction of sp³-hybridized carbons (Fsp3) is 0.417. The second-order valence-corrected chi connectivity index (χ2v) is 4.57. The minimum absolute atomic E-state index is 0.330. The molecule has 0 aromatic carbocycles. The average Bonchev–Trinajstić information content (AvgIpc) is 2.92. The predicted octanol–water partition coefficient (Wildman–Crippen LogP) is 0.957. The van der Waals surface area contributed by atoms with Gasteiger partial charge in [-0.05, 0) is 37.9 Å². The van der Waals surface area contributed by atoms with E-state index in [1.54, 1.807) is 11.0 Å². The number of likely N-dealkylation sites (N-methyl/N-ethyl adjacent to an activating group) is 1. The van der Waals surface area contributed by atoms with Crippen LogP contribution in [0, 0.1) is 0 Å². The number of hydrogen-bond donors (Lipinski definition) is 1. The van der Waals surface area contributed by atoms with Crippen molar-refractivity contribution in [2.45, 2.75) is 24.8 Å². The van der Waals surface area contributed by atoms with Crippen molar-refractivity contribution in [2.24, 2.45) is 0 Å². The number of nitrogens with one attached hydrogen (secondary N) is 1. The molecule has 0 saturated heterocycles. The lowest BCUT2D eigenvalue weighted by Gasteiger charge is -2.13. The Labute approximate surface area is 99.9 Å². The van der Waals surface area contributed by atoms with Crippen LogP contribution in [0.2, 0.25) is 0 Å². The molecule has 1 N–H and O–H groups in total. The highest BCUT2D eigenvalue weighted by atomic mass is 15.3. The van der Waals surface area contributed by atoms with Crippen LogP contribution in [0.3, 0.4) is 0 Å². The van der Waals surface area contributed by atoms with Crippen LogP contribution in [-0.2, 0) is 6.42 Å². The van der Waals surface area contributed by atoms with Crippen LogP contribution in [0.15, 0.2) is 31.0 Å². The van der Waals surface area contributed by atoms with E-state index in [2.05, 4.69) is 26.4 Å². The van der Waals surface area contributed by atoms with E-state index in [1.165, 1.54) is 24.7 Å². The van der Waals surface area contributed by atoms with Crippen molar-refractivity contribution in [1.29, 1.82) is 0 Å². The number of aromatic nitrogens is 4. The first-order valence-electron chi connectivity index (χ1n) is 5.80. The Morgan fingerprint density at radius 1 is 1.41 bits per heavy atom. The van der Waals surface area contributed by atoms with E-state index >= 15 is 0 Å². The summed E-state index contributed by atoms with van der Waals surface area (Å²) >= 11 is 0. The van der Waals surface area contributed by atoms with Crippen LogP contribution in [0.1, 0.15) is 18.4 Å². The van der Waals surface area contributed by atoms with Gasteiger partial charge in [-0.3, -0.25) is 0 Å². The van der Waals surface area contributed by atoms with Gasteiger partial charge in [-0.2, -0.15) is 5.10 Å². The molecule has 5 heteroatoms. The van der Waals surface area contributed by atoms with Crippen molar-refractivity contribution in [1.82, 2.24) is 25.1 Å². The zero-order chi connectivity index (χ0) is 11.7. The maximum Gasteiger partial charge on any atom is 0.155 e. The van der Waals surface area contributed by atoms with Crippen LogP contribution in [0.25, 0.3) is 5.82 Å². The van der Waals surface area contributed by atoms with Crippen molar-refractivity contribution in [3.63, 3.8) is 0 Å². The van der Waals surface area contributed by atoms with Gasteiger partial charge in [0, 0.05) is 11.7 Å². The molecule has 1 saturated carbocycles. The Morgan fingerprint density at radius 3 is 2.82 bits per heavy atom. The molecule has 2 aromatic rings. The van der Waals surface area contributed by atoms with Gasteiger partial charge in [-0.15, -0.1) is 0 Å². The van der Waals surface area contributed by atoms with Crippen LogP contribution in [-0.4, -0.2) is 32.3 Å². The molecule has 1 aliphatic rings. The fourth-order valence-corrected chi connectivity index (χ4v) is 2.04. The summed E-state index contributed by atoms with van der Waals surface area (Å²) in [6, 6.07) is 4.09. The Bertz CT molecular complexity index is 484. The quantitative estimate of drug-likeness (QED) is 0.848. The summed E-state index contributed by atoms with van der Waals surface area (Å²) in [6.07, 6.45) is 8.65. The minimum atomic E-state index is 0.330. The van der Waals surface area contributed by atoms with E-state index in [1.807, 2.05) is 19.3 Å². The van der Waals surface area contributed by atoms with E-state index in [0.717, 1.165) is 12.2 Å². The highest BCUT2D eigenvalue weighted by Gasteiger charge is 2.40. The van der Waals surface area contributed by atoms with E-state index in [0.29, 0.717) is 5.54 Å². The summed E-state index contributed by atoms with van der Waals surface area (Å²) in [5.41, 5.74) is 1.59. The van der Waals surface area contributed by atoms with E-state index < -0.39 is 0 Å². The van der Waals surface area contributed by atoms with Gasteiger partial charge >= 0.3 is 0 Å². The Balaban J connectivity index is 1.76. The van der Waals surface area contributed by atoms with Gasteiger partial charge in [0.1, 0.15) is 12.7 Å².